The summed E-state index contributed by atoms with van der Waals surface area (Å²) in [5.74, 6) is 0.231. The van der Waals surface area contributed by atoms with Gasteiger partial charge in [-0.2, -0.15) is 5.26 Å². The van der Waals surface area contributed by atoms with Gasteiger partial charge in [0, 0.05) is 16.0 Å². The van der Waals surface area contributed by atoms with E-state index in [1.165, 1.54) is 0 Å². The molecule has 0 saturated heterocycles. The molecule has 0 N–H and O–H groups in total. The highest BCUT2D eigenvalue weighted by atomic mass is 79.9. The maximum absolute atomic E-state index is 12.1. The Balaban J connectivity index is 2.30. The normalized spacial score (nSPS) is 11.2. The molecule has 4 heteroatoms. The molecule has 0 heterocycles. The van der Waals surface area contributed by atoms with Crippen LogP contribution in [0.15, 0.2) is 58.6 Å². The average molecular weight is 384 g/mol. The summed E-state index contributed by atoms with van der Waals surface area (Å²) in [6.07, 6.45) is 1.59. The third kappa shape index (κ3) is 4.81. The molecule has 0 aromatic heterocycles. The van der Waals surface area contributed by atoms with E-state index in [-0.39, 0.29) is 17.3 Å². The molecule has 0 amide bonds. The first kappa shape index (κ1) is 18.0. The molecule has 3 nitrogen and oxygen atoms in total. The van der Waals surface area contributed by atoms with E-state index in [9.17, 15) is 10.1 Å². The number of hydrogen-bond acceptors (Lipinski definition) is 3. The van der Waals surface area contributed by atoms with Crippen molar-refractivity contribution in [3.8, 4) is 11.8 Å². The van der Waals surface area contributed by atoms with Crippen molar-refractivity contribution in [3.05, 3.63) is 69.7 Å². The number of nitrogens with zero attached hydrogens (tertiary/aromatic N) is 1. The average Bonchev–Trinajstić information content (AvgIpc) is 2.59. The van der Waals surface area contributed by atoms with Gasteiger partial charge < -0.3 is 4.74 Å². The van der Waals surface area contributed by atoms with Crippen LogP contribution in [0.5, 0.6) is 5.75 Å². The molecule has 24 heavy (non-hydrogen) atoms. The largest absolute Gasteiger partial charge is 0.488 e. The predicted molar refractivity (Wildman–Crippen MR) is 98.4 cm³/mol. The molecule has 0 fully saturated rings. The first-order chi connectivity index (χ1) is 11.5. The maximum Gasteiger partial charge on any atom is 0.175 e. The minimum Gasteiger partial charge on any atom is -0.488 e. The SMILES string of the molecule is CC(C)C(=O)C(C#N)=Cc1cc(Br)ccc1OCc1ccccc1. The van der Waals surface area contributed by atoms with Crippen molar-refractivity contribution < 1.29 is 9.53 Å². The molecule has 0 unspecified atom stereocenters. The third-order valence-electron chi connectivity index (χ3n) is 3.42. The summed E-state index contributed by atoms with van der Waals surface area (Å²) < 4.78 is 6.73. The van der Waals surface area contributed by atoms with E-state index < -0.39 is 0 Å². The standard InChI is InChI=1S/C20H18BrNO2/c1-14(2)20(23)17(12-22)10-16-11-18(21)8-9-19(16)24-13-15-6-4-3-5-7-15/h3-11,14H,13H2,1-2H3. The third-order valence-corrected chi connectivity index (χ3v) is 3.91. The number of ether oxygens (including phenoxy) is 1. The molecular formula is C20H18BrNO2. The van der Waals surface area contributed by atoms with Crippen LogP contribution in [0.3, 0.4) is 0 Å². The summed E-state index contributed by atoms with van der Waals surface area (Å²) >= 11 is 3.42. The number of Topliss-reactive ketones (excluding diaryl/α,β-unsaturated/α-hetero) is 1. The molecular weight excluding hydrogens is 366 g/mol. The fourth-order valence-corrected chi connectivity index (χ4v) is 2.50. The highest BCUT2D eigenvalue weighted by Crippen LogP contribution is 2.27. The van der Waals surface area contributed by atoms with Gasteiger partial charge in [0.1, 0.15) is 18.4 Å². The summed E-state index contributed by atoms with van der Waals surface area (Å²) in [6, 6.07) is 17.4. The summed E-state index contributed by atoms with van der Waals surface area (Å²) in [4.78, 5) is 12.1. The van der Waals surface area contributed by atoms with Gasteiger partial charge in [-0.3, -0.25) is 4.79 Å². The molecule has 0 aliphatic heterocycles. The molecule has 2 aromatic carbocycles. The lowest BCUT2D eigenvalue weighted by Gasteiger charge is -2.11. The molecule has 2 aromatic rings. The number of nitriles is 1. The quantitative estimate of drug-likeness (QED) is 0.511. The van der Waals surface area contributed by atoms with E-state index >= 15 is 0 Å². The number of allylic oxidation sites excluding steroid dienone is 1. The zero-order chi connectivity index (χ0) is 17.5. The summed E-state index contributed by atoms with van der Waals surface area (Å²) in [6.45, 7) is 3.98. The van der Waals surface area contributed by atoms with Gasteiger partial charge in [-0.05, 0) is 29.8 Å². The van der Waals surface area contributed by atoms with Crippen LogP contribution in [0.4, 0.5) is 0 Å². The Hall–Kier alpha value is -2.38. The molecule has 2 rings (SSSR count). The minimum atomic E-state index is -0.225. The Labute approximate surface area is 150 Å². The Kier molecular flexibility index (Phi) is 6.34. The number of carbonyl (C=O) groups excluding carboxylic acids is 1. The van der Waals surface area contributed by atoms with Gasteiger partial charge in [0.25, 0.3) is 0 Å². The van der Waals surface area contributed by atoms with Crippen molar-refractivity contribution >= 4 is 27.8 Å². The Morgan fingerprint density at radius 1 is 1.25 bits per heavy atom. The smallest absolute Gasteiger partial charge is 0.175 e. The lowest BCUT2D eigenvalue weighted by atomic mass is 9.99. The zero-order valence-electron chi connectivity index (χ0n) is 13.6. The lowest BCUT2D eigenvalue weighted by Crippen LogP contribution is -2.09. The van der Waals surface area contributed by atoms with Crippen LogP contribution in [0.25, 0.3) is 6.08 Å². The van der Waals surface area contributed by atoms with Crippen LogP contribution in [-0.4, -0.2) is 5.78 Å². The van der Waals surface area contributed by atoms with Crippen molar-refractivity contribution in [3.63, 3.8) is 0 Å². The highest BCUT2D eigenvalue weighted by Gasteiger charge is 2.14. The topological polar surface area (TPSA) is 50.1 Å². The highest BCUT2D eigenvalue weighted by molar-refractivity contribution is 9.10. The van der Waals surface area contributed by atoms with Gasteiger partial charge in [0.15, 0.2) is 5.78 Å². The number of carbonyl (C=O) groups is 1. The molecule has 0 aliphatic rings. The predicted octanol–water partition coefficient (Wildman–Crippen LogP) is 5.16. The fourth-order valence-electron chi connectivity index (χ4n) is 2.12. The van der Waals surface area contributed by atoms with E-state index in [1.54, 1.807) is 19.9 Å². The Bertz CT molecular complexity index is 789. The van der Waals surface area contributed by atoms with Crippen molar-refractivity contribution in [2.45, 2.75) is 20.5 Å². The van der Waals surface area contributed by atoms with E-state index in [0.29, 0.717) is 17.9 Å². The maximum atomic E-state index is 12.1. The van der Waals surface area contributed by atoms with Crippen LogP contribution in [0.1, 0.15) is 25.0 Å². The van der Waals surface area contributed by atoms with E-state index in [1.807, 2.05) is 54.6 Å². The fraction of sp³-hybridized carbons (Fsp3) is 0.200. The van der Waals surface area contributed by atoms with Crippen LogP contribution in [-0.2, 0) is 11.4 Å². The van der Waals surface area contributed by atoms with Gasteiger partial charge in [-0.1, -0.05) is 60.1 Å². The molecule has 0 aliphatic carbocycles. The first-order valence-corrected chi connectivity index (χ1v) is 8.43. The van der Waals surface area contributed by atoms with Gasteiger partial charge in [-0.25, -0.2) is 0 Å². The van der Waals surface area contributed by atoms with Gasteiger partial charge in [0.05, 0.1) is 5.57 Å². The second-order valence-electron chi connectivity index (χ2n) is 5.65. The molecule has 0 saturated carbocycles. The Morgan fingerprint density at radius 3 is 2.58 bits per heavy atom. The van der Waals surface area contributed by atoms with E-state index in [4.69, 9.17) is 4.74 Å². The first-order valence-electron chi connectivity index (χ1n) is 7.63. The van der Waals surface area contributed by atoms with Crippen molar-refractivity contribution in [1.29, 1.82) is 5.26 Å². The van der Waals surface area contributed by atoms with Crippen molar-refractivity contribution in [2.75, 3.05) is 0 Å². The number of rotatable bonds is 6. The molecule has 0 atom stereocenters. The van der Waals surface area contributed by atoms with Crippen LogP contribution < -0.4 is 4.74 Å². The van der Waals surface area contributed by atoms with Crippen LogP contribution >= 0.6 is 15.9 Å². The van der Waals surface area contributed by atoms with Crippen LogP contribution in [0, 0.1) is 17.2 Å². The van der Waals surface area contributed by atoms with Gasteiger partial charge >= 0.3 is 0 Å². The Morgan fingerprint density at radius 2 is 1.96 bits per heavy atom. The van der Waals surface area contributed by atoms with Crippen LogP contribution in [0.2, 0.25) is 0 Å². The molecule has 122 valence electrons. The monoisotopic (exact) mass is 383 g/mol. The summed E-state index contributed by atoms with van der Waals surface area (Å²) in [5.41, 5.74) is 1.88. The lowest BCUT2D eigenvalue weighted by molar-refractivity contribution is -0.117. The zero-order valence-corrected chi connectivity index (χ0v) is 15.2. The van der Waals surface area contributed by atoms with E-state index in [2.05, 4.69) is 15.9 Å². The van der Waals surface area contributed by atoms with Crippen molar-refractivity contribution in [1.82, 2.24) is 0 Å². The molecule has 0 bridgehead atoms. The van der Waals surface area contributed by atoms with Gasteiger partial charge in [-0.15, -0.1) is 0 Å². The molecule has 0 radical (unpaired) electrons. The van der Waals surface area contributed by atoms with Crippen molar-refractivity contribution in [2.24, 2.45) is 5.92 Å². The number of halogens is 1. The number of ketones is 1. The second kappa shape index (κ2) is 8.47. The second-order valence-corrected chi connectivity index (χ2v) is 6.56. The summed E-state index contributed by atoms with van der Waals surface area (Å²) in [7, 11) is 0. The van der Waals surface area contributed by atoms with Gasteiger partial charge in [0.2, 0.25) is 0 Å². The number of benzene rings is 2. The number of hydrogen-bond donors (Lipinski definition) is 0. The van der Waals surface area contributed by atoms with E-state index in [0.717, 1.165) is 10.0 Å². The summed E-state index contributed by atoms with van der Waals surface area (Å²) in [5, 5.41) is 9.28. The molecule has 0 spiro atoms. The minimum absolute atomic E-state index is 0.132.